The van der Waals surface area contributed by atoms with Crippen molar-refractivity contribution in [1.82, 2.24) is 0 Å². The van der Waals surface area contributed by atoms with Gasteiger partial charge in [0.05, 0.1) is 8.07 Å². The minimum absolute atomic E-state index is 0.0409. The monoisotopic (exact) mass is 522 g/mol. The van der Waals surface area contributed by atoms with Crippen LogP contribution in [0.25, 0.3) is 0 Å². The van der Waals surface area contributed by atoms with Gasteiger partial charge in [0, 0.05) is 6.61 Å². The second kappa shape index (κ2) is 9.41. The molecule has 2 rings (SSSR count). The van der Waals surface area contributed by atoms with Crippen LogP contribution in [0.1, 0.15) is 34.1 Å². The standard InChI is InChI=1S/C24H35IOSi2/c1-20(23(25)27(5,6)7)18-19-26-28(24(2,3)4,21-14-10-8-11-15-21)22-16-12-9-13-17-22/h8-17H,18-19H2,1-7H3/b23-20+. The first-order valence-corrected chi connectivity index (χ1v) is 16.6. The van der Waals surface area contributed by atoms with Crippen molar-refractivity contribution >= 4 is 49.4 Å². The molecule has 0 aliphatic rings. The number of halogens is 1. The van der Waals surface area contributed by atoms with Crippen molar-refractivity contribution in [3.05, 3.63) is 69.4 Å². The van der Waals surface area contributed by atoms with E-state index in [9.17, 15) is 0 Å². The fourth-order valence-electron chi connectivity index (χ4n) is 3.87. The smallest absolute Gasteiger partial charge is 0.261 e. The van der Waals surface area contributed by atoms with Crippen LogP contribution in [0, 0.1) is 0 Å². The molecule has 1 nitrogen and oxygen atoms in total. The fourth-order valence-corrected chi connectivity index (χ4v) is 10.1. The lowest BCUT2D eigenvalue weighted by Gasteiger charge is -2.43. The Hall–Kier alpha value is -0.696. The normalized spacial score (nSPS) is 14.0. The highest BCUT2D eigenvalue weighted by Gasteiger charge is 2.49. The van der Waals surface area contributed by atoms with Crippen molar-refractivity contribution in [2.45, 2.75) is 58.8 Å². The lowest BCUT2D eigenvalue weighted by atomic mass is 10.2. The van der Waals surface area contributed by atoms with Gasteiger partial charge in [-0.25, -0.2) is 0 Å². The summed E-state index contributed by atoms with van der Waals surface area (Å²) in [5.41, 5.74) is 1.50. The van der Waals surface area contributed by atoms with Crippen LogP contribution in [0.3, 0.4) is 0 Å². The van der Waals surface area contributed by atoms with Crippen molar-refractivity contribution in [3.8, 4) is 0 Å². The maximum atomic E-state index is 7.02. The zero-order chi connectivity index (χ0) is 21.0. The largest absolute Gasteiger partial charge is 0.407 e. The summed E-state index contributed by atoms with van der Waals surface area (Å²) < 4.78 is 8.60. The number of hydrogen-bond donors (Lipinski definition) is 0. The first-order valence-electron chi connectivity index (χ1n) is 10.1. The van der Waals surface area contributed by atoms with Crippen LogP contribution in [-0.2, 0) is 4.43 Å². The maximum absolute atomic E-state index is 7.02. The van der Waals surface area contributed by atoms with E-state index in [0.29, 0.717) is 0 Å². The van der Waals surface area contributed by atoms with E-state index >= 15 is 0 Å². The molecule has 152 valence electrons. The van der Waals surface area contributed by atoms with E-state index in [0.717, 1.165) is 13.0 Å². The van der Waals surface area contributed by atoms with Crippen molar-refractivity contribution in [1.29, 1.82) is 0 Å². The molecule has 0 amide bonds. The molecule has 2 aromatic rings. The number of rotatable bonds is 7. The highest BCUT2D eigenvalue weighted by Crippen LogP contribution is 2.37. The molecule has 0 fully saturated rings. The summed E-state index contributed by atoms with van der Waals surface area (Å²) in [5.74, 6) is 0. The van der Waals surface area contributed by atoms with E-state index in [2.05, 4.69) is 131 Å². The third-order valence-electron chi connectivity index (χ3n) is 5.25. The van der Waals surface area contributed by atoms with Crippen LogP contribution in [0.4, 0.5) is 0 Å². The molecule has 0 N–H and O–H groups in total. The molecule has 0 heterocycles. The summed E-state index contributed by atoms with van der Waals surface area (Å²) in [4.78, 5) is 0. The first-order chi connectivity index (χ1) is 13.0. The predicted octanol–water partition coefficient (Wildman–Crippen LogP) is 6.54. The van der Waals surface area contributed by atoms with Gasteiger partial charge in [-0.15, -0.1) is 0 Å². The molecular weight excluding hydrogens is 487 g/mol. The summed E-state index contributed by atoms with van der Waals surface area (Å²) in [6.45, 7) is 17.3. The summed E-state index contributed by atoms with van der Waals surface area (Å²) in [6, 6.07) is 21.8. The molecule has 0 saturated heterocycles. The van der Waals surface area contributed by atoms with Crippen molar-refractivity contribution in [3.63, 3.8) is 0 Å². The average Bonchev–Trinajstić information content (AvgIpc) is 2.64. The van der Waals surface area contributed by atoms with Gasteiger partial charge in [-0.1, -0.05) is 129 Å². The Kier molecular flexibility index (Phi) is 7.93. The van der Waals surface area contributed by atoms with Crippen LogP contribution in [0.15, 0.2) is 69.4 Å². The van der Waals surface area contributed by atoms with E-state index in [4.69, 9.17) is 4.43 Å². The van der Waals surface area contributed by atoms with Crippen molar-refractivity contribution in [2.75, 3.05) is 6.61 Å². The van der Waals surface area contributed by atoms with Gasteiger partial charge >= 0.3 is 0 Å². The molecular formula is C24H35IOSi2. The van der Waals surface area contributed by atoms with Gasteiger partial charge in [-0.3, -0.25) is 0 Å². The first kappa shape index (κ1) is 23.6. The van der Waals surface area contributed by atoms with Crippen molar-refractivity contribution in [2.24, 2.45) is 0 Å². The van der Waals surface area contributed by atoms with Gasteiger partial charge < -0.3 is 4.43 Å². The van der Waals surface area contributed by atoms with Gasteiger partial charge in [-0.2, -0.15) is 0 Å². The summed E-state index contributed by atoms with van der Waals surface area (Å²) in [6.07, 6.45) is 1.01. The molecule has 0 unspecified atom stereocenters. The molecule has 0 spiro atoms. The second-order valence-corrected chi connectivity index (χ2v) is 21.0. The highest BCUT2D eigenvalue weighted by molar-refractivity contribution is 14.1. The van der Waals surface area contributed by atoms with Gasteiger partial charge in [0.15, 0.2) is 0 Å². The maximum Gasteiger partial charge on any atom is 0.261 e. The van der Waals surface area contributed by atoms with E-state index in [1.54, 1.807) is 3.20 Å². The Morgan fingerprint density at radius 1 is 0.857 bits per heavy atom. The summed E-state index contributed by atoms with van der Waals surface area (Å²) in [7, 11) is -3.67. The fraction of sp³-hybridized carbons (Fsp3) is 0.417. The zero-order valence-corrected chi connectivity index (χ0v) is 22.6. The average molecular weight is 523 g/mol. The second-order valence-electron chi connectivity index (χ2n) is 9.61. The van der Waals surface area contributed by atoms with Crippen LogP contribution in [0.5, 0.6) is 0 Å². The lowest BCUT2D eigenvalue weighted by molar-refractivity contribution is 0.301. The number of hydrogen-bond acceptors (Lipinski definition) is 1. The Bertz CT molecular complexity index is 747. The topological polar surface area (TPSA) is 9.23 Å². The molecule has 0 saturated carbocycles. The molecule has 0 atom stereocenters. The SMILES string of the molecule is C/C(CCO[Si](c1ccccc1)(c1ccccc1)C(C)(C)C)=C(/I)[Si](C)(C)C. The van der Waals surface area contributed by atoms with Crippen LogP contribution in [-0.4, -0.2) is 23.0 Å². The molecule has 0 aromatic heterocycles. The molecule has 0 radical (unpaired) electrons. The van der Waals surface area contributed by atoms with Crippen molar-refractivity contribution < 1.29 is 4.43 Å². The molecule has 4 heteroatoms. The number of benzene rings is 2. The zero-order valence-electron chi connectivity index (χ0n) is 18.5. The Morgan fingerprint density at radius 2 is 1.29 bits per heavy atom. The summed E-state index contributed by atoms with van der Waals surface area (Å²) in [5, 5.41) is 2.75. The highest BCUT2D eigenvalue weighted by atomic mass is 127. The molecule has 0 aliphatic carbocycles. The molecule has 2 aromatic carbocycles. The minimum atomic E-state index is -2.41. The van der Waals surface area contributed by atoms with E-state index in [1.807, 2.05) is 0 Å². The van der Waals surface area contributed by atoms with Gasteiger partial charge in [0.1, 0.15) is 0 Å². The Morgan fingerprint density at radius 3 is 1.64 bits per heavy atom. The Balaban J connectivity index is 2.45. The Labute approximate surface area is 187 Å². The minimum Gasteiger partial charge on any atom is -0.407 e. The quantitative estimate of drug-likeness (QED) is 0.296. The van der Waals surface area contributed by atoms with Crippen LogP contribution < -0.4 is 10.4 Å². The third kappa shape index (κ3) is 5.26. The van der Waals surface area contributed by atoms with E-state index in [-0.39, 0.29) is 5.04 Å². The van der Waals surface area contributed by atoms with Crippen LogP contribution >= 0.6 is 22.6 Å². The predicted molar refractivity (Wildman–Crippen MR) is 138 cm³/mol. The van der Waals surface area contributed by atoms with E-state index < -0.39 is 16.4 Å². The summed E-state index contributed by atoms with van der Waals surface area (Å²) >= 11 is 2.57. The lowest BCUT2D eigenvalue weighted by Crippen LogP contribution is -2.66. The van der Waals surface area contributed by atoms with Gasteiger partial charge in [0.2, 0.25) is 0 Å². The van der Waals surface area contributed by atoms with Gasteiger partial charge in [-0.05, 0) is 32.0 Å². The van der Waals surface area contributed by atoms with E-state index in [1.165, 1.54) is 15.9 Å². The third-order valence-corrected chi connectivity index (χ3v) is 17.8. The van der Waals surface area contributed by atoms with Gasteiger partial charge in [0.25, 0.3) is 8.32 Å². The molecule has 28 heavy (non-hydrogen) atoms. The van der Waals surface area contributed by atoms with Crippen LogP contribution in [0.2, 0.25) is 24.7 Å². The molecule has 0 aliphatic heterocycles. The molecule has 0 bridgehead atoms.